The van der Waals surface area contributed by atoms with Gasteiger partial charge in [-0.2, -0.15) is 5.10 Å². The van der Waals surface area contributed by atoms with Gasteiger partial charge in [-0.05, 0) is 31.2 Å². The predicted molar refractivity (Wildman–Crippen MR) is 125 cm³/mol. The Morgan fingerprint density at radius 3 is 2.62 bits per heavy atom. The van der Waals surface area contributed by atoms with Crippen molar-refractivity contribution in [1.82, 2.24) is 14.7 Å². The first kappa shape index (κ1) is 24.4. The molecule has 3 aromatic rings. The molecule has 1 aromatic heterocycles. The van der Waals surface area contributed by atoms with E-state index in [1.165, 1.54) is 45.3 Å². The summed E-state index contributed by atoms with van der Waals surface area (Å²) in [6, 6.07) is 11.6. The summed E-state index contributed by atoms with van der Waals surface area (Å²) >= 11 is 5.96. The Bertz CT molecular complexity index is 1340. The van der Waals surface area contributed by atoms with Crippen molar-refractivity contribution in [1.29, 1.82) is 0 Å². The number of rotatable bonds is 7. The summed E-state index contributed by atoms with van der Waals surface area (Å²) in [5, 5.41) is 18.5. The number of amides is 2. The third kappa shape index (κ3) is 5.21. The normalized spacial score (nSPS) is 10.5. The zero-order chi connectivity index (χ0) is 25.0. The fourth-order valence-corrected chi connectivity index (χ4v) is 3.34. The van der Waals surface area contributed by atoms with Gasteiger partial charge in [0.25, 0.3) is 11.6 Å². The Hall–Kier alpha value is -4.25. The quantitative estimate of drug-likeness (QED) is 0.401. The van der Waals surface area contributed by atoms with E-state index in [2.05, 4.69) is 10.4 Å². The number of nitrogens with one attached hydrogen (secondary N) is 1. The van der Waals surface area contributed by atoms with Crippen molar-refractivity contribution in [2.24, 2.45) is 0 Å². The van der Waals surface area contributed by atoms with Gasteiger partial charge in [0, 0.05) is 29.9 Å². The largest absolute Gasteiger partial charge is 0.495 e. The first-order chi connectivity index (χ1) is 16.1. The molecule has 0 aliphatic rings. The van der Waals surface area contributed by atoms with Crippen LogP contribution in [0.25, 0.3) is 5.69 Å². The van der Waals surface area contributed by atoms with Crippen LogP contribution in [0.1, 0.15) is 16.2 Å². The van der Waals surface area contributed by atoms with Crippen LogP contribution in [-0.2, 0) is 4.79 Å². The summed E-state index contributed by atoms with van der Waals surface area (Å²) < 4.78 is 6.33. The summed E-state index contributed by atoms with van der Waals surface area (Å²) in [4.78, 5) is 49.8. The number of halogens is 1. The van der Waals surface area contributed by atoms with E-state index >= 15 is 0 Å². The van der Waals surface area contributed by atoms with Crippen molar-refractivity contribution in [2.75, 3.05) is 26.0 Å². The number of aromatic nitrogens is 2. The van der Waals surface area contributed by atoms with Crippen molar-refractivity contribution in [3.63, 3.8) is 0 Å². The number of ether oxygens (including phenoxy) is 1. The maximum Gasteiger partial charge on any atom is 0.294 e. The van der Waals surface area contributed by atoms with E-state index in [0.717, 1.165) is 15.6 Å². The summed E-state index contributed by atoms with van der Waals surface area (Å²) in [6.45, 7) is 1.13. The maximum atomic E-state index is 12.9. The Kier molecular flexibility index (Phi) is 7.27. The van der Waals surface area contributed by atoms with Crippen LogP contribution in [0.4, 0.5) is 11.4 Å². The predicted octanol–water partition coefficient (Wildman–Crippen LogP) is 2.82. The van der Waals surface area contributed by atoms with Gasteiger partial charge in [0.15, 0.2) is 5.69 Å². The molecule has 0 unspecified atom stereocenters. The van der Waals surface area contributed by atoms with Crippen molar-refractivity contribution < 1.29 is 19.2 Å². The lowest BCUT2D eigenvalue weighted by Crippen LogP contribution is -2.38. The number of hydrogen-bond acceptors (Lipinski definition) is 7. The molecule has 0 bridgehead atoms. The number of anilines is 1. The zero-order valence-corrected chi connectivity index (χ0v) is 19.2. The number of methoxy groups -OCH3 is 1. The monoisotopic (exact) mass is 485 g/mol. The molecule has 1 N–H and O–H groups in total. The molecule has 0 aliphatic carbocycles. The molecule has 176 valence electrons. The van der Waals surface area contributed by atoms with Crippen molar-refractivity contribution >= 4 is 34.8 Å². The fourth-order valence-electron chi connectivity index (χ4n) is 3.17. The van der Waals surface area contributed by atoms with Gasteiger partial charge in [-0.1, -0.05) is 23.7 Å². The van der Waals surface area contributed by atoms with Crippen LogP contribution in [0.2, 0.25) is 5.02 Å². The minimum Gasteiger partial charge on any atom is -0.495 e. The Morgan fingerprint density at radius 1 is 1.24 bits per heavy atom. The lowest BCUT2D eigenvalue weighted by molar-refractivity contribution is -0.384. The lowest BCUT2D eigenvalue weighted by Gasteiger charge is -2.18. The summed E-state index contributed by atoms with van der Waals surface area (Å²) in [6.07, 6.45) is 0. The van der Waals surface area contributed by atoms with Gasteiger partial charge in [0.2, 0.25) is 11.3 Å². The number of aryl methyl sites for hydroxylation is 1. The fraction of sp³-hybridized carbons (Fsp3) is 0.182. The number of hydrogen-bond donors (Lipinski definition) is 1. The van der Waals surface area contributed by atoms with Gasteiger partial charge in [0.1, 0.15) is 11.4 Å². The number of nitro groups is 1. The minimum atomic E-state index is -0.828. The molecule has 0 radical (unpaired) electrons. The van der Waals surface area contributed by atoms with Crippen molar-refractivity contribution in [2.45, 2.75) is 6.92 Å². The van der Waals surface area contributed by atoms with Gasteiger partial charge >= 0.3 is 0 Å². The number of nitro benzene ring substituents is 1. The number of nitrogens with zero attached hydrogens (tertiary/aromatic N) is 4. The van der Waals surface area contributed by atoms with Crippen LogP contribution >= 0.6 is 11.6 Å². The first-order valence-electron chi connectivity index (χ1n) is 9.86. The van der Waals surface area contributed by atoms with E-state index < -0.39 is 34.4 Å². The SMILES string of the molecule is COc1ccc(Cl)cc1NC(=O)CN(C)C(=O)c1nn(-c2ccccc2[N+](=O)[O-])c(C)cc1=O. The molecule has 0 fully saturated rings. The topological polar surface area (TPSA) is 137 Å². The van der Waals surface area contributed by atoms with Crippen molar-refractivity contribution in [3.05, 3.63) is 85.3 Å². The summed E-state index contributed by atoms with van der Waals surface area (Å²) in [7, 11) is 2.76. The van der Waals surface area contributed by atoms with Gasteiger partial charge < -0.3 is 15.0 Å². The molecule has 0 spiro atoms. The van der Waals surface area contributed by atoms with Crippen LogP contribution in [0.15, 0.2) is 53.3 Å². The average Bonchev–Trinajstić information content (AvgIpc) is 2.78. The molecule has 2 amide bonds. The van der Waals surface area contributed by atoms with E-state index in [-0.39, 0.29) is 11.4 Å². The van der Waals surface area contributed by atoms with E-state index in [4.69, 9.17) is 16.3 Å². The number of likely N-dealkylation sites (N-methyl/N-ethyl adjacent to an activating group) is 1. The molecule has 3 rings (SSSR count). The average molecular weight is 486 g/mol. The zero-order valence-electron chi connectivity index (χ0n) is 18.4. The third-order valence-electron chi connectivity index (χ3n) is 4.78. The summed E-state index contributed by atoms with van der Waals surface area (Å²) in [5.41, 5.74) is -0.714. The first-order valence-corrected chi connectivity index (χ1v) is 10.2. The molecule has 0 aliphatic heterocycles. The number of carbonyl (C=O) groups is 2. The molecular formula is C22H20ClN5O6. The minimum absolute atomic E-state index is 0.0903. The van der Waals surface area contributed by atoms with Crippen LogP contribution in [0.3, 0.4) is 0 Å². The second-order valence-electron chi connectivity index (χ2n) is 7.21. The lowest BCUT2D eigenvalue weighted by atomic mass is 10.2. The Morgan fingerprint density at radius 2 is 1.94 bits per heavy atom. The highest BCUT2D eigenvalue weighted by Crippen LogP contribution is 2.27. The van der Waals surface area contributed by atoms with Gasteiger partial charge in [-0.3, -0.25) is 24.5 Å². The molecule has 1 heterocycles. The highest BCUT2D eigenvalue weighted by atomic mass is 35.5. The maximum absolute atomic E-state index is 12.9. The van der Waals surface area contributed by atoms with E-state index in [1.54, 1.807) is 18.2 Å². The molecule has 11 nitrogen and oxygen atoms in total. The van der Waals surface area contributed by atoms with Crippen LogP contribution < -0.4 is 15.5 Å². The Labute approximate surface area is 198 Å². The molecule has 34 heavy (non-hydrogen) atoms. The van der Waals surface area contributed by atoms with Crippen LogP contribution in [0, 0.1) is 17.0 Å². The standard InChI is InChI=1S/C22H20ClN5O6/c1-13-10-18(29)21(25-27(13)16-6-4-5-7-17(16)28(32)33)22(31)26(2)12-20(30)24-15-11-14(23)8-9-19(15)34-3/h4-11H,12H2,1-3H3,(H,24,30). The van der Waals surface area contributed by atoms with Crippen LogP contribution in [0.5, 0.6) is 5.75 Å². The van der Waals surface area contributed by atoms with Crippen molar-refractivity contribution in [3.8, 4) is 11.4 Å². The highest BCUT2D eigenvalue weighted by molar-refractivity contribution is 6.31. The van der Waals surface area contributed by atoms with Gasteiger partial charge in [-0.15, -0.1) is 0 Å². The molecule has 0 atom stereocenters. The van der Waals surface area contributed by atoms with E-state index in [9.17, 15) is 24.5 Å². The number of benzene rings is 2. The number of carbonyl (C=O) groups excluding carboxylic acids is 2. The van der Waals surface area contributed by atoms with Gasteiger partial charge in [0.05, 0.1) is 24.3 Å². The molecule has 0 saturated heterocycles. The second kappa shape index (κ2) is 10.1. The van der Waals surface area contributed by atoms with Gasteiger partial charge in [-0.25, -0.2) is 4.68 Å². The Balaban J connectivity index is 1.87. The third-order valence-corrected chi connectivity index (χ3v) is 5.01. The molecule has 12 heteroatoms. The smallest absolute Gasteiger partial charge is 0.294 e. The molecule has 0 saturated carbocycles. The summed E-state index contributed by atoms with van der Waals surface area (Å²) in [5.74, 6) is -1.02. The van der Waals surface area contributed by atoms with E-state index in [0.29, 0.717) is 22.2 Å². The van der Waals surface area contributed by atoms with E-state index in [1.807, 2.05) is 0 Å². The second-order valence-corrected chi connectivity index (χ2v) is 7.65. The van der Waals surface area contributed by atoms with Crippen LogP contribution in [-0.4, -0.2) is 52.1 Å². The highest BCUT2D eigenvalue weighted by Gasteiger charge is 2.23. The molecule has 2 aromatic carbocycles. The number of para-hydroxylation sites is 2. The molecular weight excluding hydrogens is 466 g/mol.